The molecule has 0 aliphatic heterocycles. The lowest BCUT2D eigenvalue weighted by Crippen LogP contribution is -2.12. The van der Waals surface area contributed by atoms with Crippen molar-refractivity contribution >= 4 is 0 Å². The molecule has 0 amide bonds. The van der Waals surface area contributed by atoms with Crippen molar-refractivity contribution in [1.29, 1.82) is 0 Å². The van der Waals surface area contributed by atoms with Gasteiger partial charge in [-0.2, -0.15) is 0 Å². The molecule has 1 N–H and O–H groups in total. The van der Waals surface area contributed by atoms with Crippen LogP contribution in [0.2, 0.25) is 0 Å². The van der Waals surface area contributed by atoms with E-state index in [1.807, 2.05) is 19.2 Å². The molecule has 0 spiro atoms. The zero-order valence-electron chi connectivity index (χ0n) is 11.8. The van der Waals surface area contributed by atoms with Crippen LogP contribution in [0.25, 0.3) is 0 Å². The average molecular weight is 289 g/mol. The molecule has 1 aliphatic rings. The molecule has 2 nitrogen and oxygen atoms in total. The van der Waals surface area contributed by atoms with Crippen LogP contribution in [0.4, 0.5) is 8.78 Å². The summed E-state index contributed by atoms with van der Waals surface area (Å²) in [5, 5.41) is 3.28. The highest BCUT2D eigenvalue weighted by atomic mass is 19.1. The minimum Gasteiger partial charge on any atom is -0.489 e. The van der Waals surface area contributed by atoms with Gasteiger partial charge in [-0.15, -0.1) is 0 Å². The van der Waals surface area contributed by atoms with Gasteiger partial charge in [-0.1, -0.05) is 12.1 Å². The molecule has 1 atom stereocenters. The summed E-state index contributed by atoms with van der Waals surface area (Å²) in [5.41, 5.74) is 2.78. The van der Waals surface area contributed by atoms with Crippen LogP contribution in [0.1, 0.15) is 29.2 Å². The summed E-state index contributed by atoms with van der Waals surface area (Å²) in [6.07, 6.45) is 1.99. The van der Waals surface area contributed by atoms with Crippen LogP contribution in [-0.4, -0.2) is 7.05 Å². The molecule has 0 bridgehead atoms. The number of ether oxygens (including phenoxy) is 1. The third kappa shape index (κ3) is 2.76. The molecule has 21 heavy (non-hydrogen) atoms. The lowest BCUT2D eigenvalue weighted by atomic mass is 10.1. The Morgan fingerprint density at radius 3 is 2.86 bits per heavy atom. The Bertz CT molecular complexity index is 657. The SMILES string of the molecule is CNC1CCc2c(OCc3ccc(F)cc3F)cccc21. The van der Waals surface area contributed by atoms with Crippen molar-refractivity contribution < 1.29 is 13.5 Å². The van der Waals surface area contributed by atoms with Crippen molar-refractivity contribution in [3.63, 3.8) is 0 Å². The molecule has 110 valence electrons. The van der Waals surface area contributed by atoms with Crippen molar-refractivity contribution in [3.8, 4) is 5.75 Å². The van der Waals surface area contributed by atoms with E-state index in [0.717, 1.165) is 24.7 Å². The Hall–Kier alpha value is -1.94. The smallest absolute Gasteiger partial charge is 0.132 e. The van der Waals surface area contributed by atoms with Crippen LogP contribution in [0.5, 0.6) is 5.75 Å². The minimum absolute atomic E-state index is 0.104. The van der Waals surface area contributed by atoms with Crippen molar-refractivity contribution in [2.45, 2.75) is 25.5 Å². The maximum absolute atomic E-state index is 13.6. The molecule has 3 rings (SSSR count). The van der Waals surface area contributed by atoms with Gasteiger partial charge in [0.1, 0.15) is 24.0 Å². The zero-order chi connectivity index (χ0) is 14.8. The predicted molar refractivity (Wildman–Crippen MR) is 77.3 cm³/mol. The maximum Gasteiger partial charge on any atom is 0.132 e. The van der Waals surface area contributed by atoms with Crippen LogP contribution < -0.4 is 10.1 Å². The molecule has 1 aliphatic carbocycles. The number of hydrogen-bond donors (Lipinski definition) is 1. The van der Waals surface area contributed by atoms with E-state index in [4.69, 9.17) is 4.74 Å². The van der Waals surface area contributed by atoms with Gasteiger partial charge in [0.2, 0.25) is 0 Å². The number of fused-ring (bicyclic) bond motifs is 1. The van der Waals surface area contributed by atoms with E-state index in [2.05, 4.69) is 11.4 Å². The number of nitrogens with one attached hydrogen (secondary N) is 1. The van der Waals surface area contributed by atoms with Gasteiger partial charge in [0, 0.05) is 17.7 Å². The molecule has 0 saturated heterocycles. The molecule has 1 unspecified atom stereocenters. The van der Waals surface area contributed by atoms with Crippen LogP contribution in [0.3, 0.4) is 0 Å². The first-order valence-corrected chi connectivity index (χ1v) is 7.05. The number of rotatable bonds is 4. The predicted octanol–water partition coefficient (Wildman–Crippen LogP) is 3.75. The molecule has 0 saturated carbocycles. The van der Waals surface area contributed by atoms with Gasteiger partial charge < -0.3 is 10.1 Å². The lowest BCUT2D eigenvalue weighted by molar-refractivity contribution is 0.296. The first-order chi connectivity index (χ1) is 10.2. The normalized spacial score (nSPS) is 16.8. The van der Waals surface area contributed by atoms with Gasteiger partial charge in [-0.25, -0.2) is 8.78 Å². The lowest BCUT2D eigenvalue weighted by Gasteiger charge is -2.13. The van der Waals surface area contributed by atoms with Gasteiger partial charge in [-0.3, -0.25) is 0 Å². The van der Waals surface area contributed by atoms with Crippen molar-refractivity contribution in [1.82, 2.24) is 5.32 Å². The summed E-state index contributed by atoms with van der Waals surface area (Å²) >= 11 is 0. The Morgan fingerprint density at radius 2 is 2.10 bits per heavy atom. The molecule has 0 heterocycles. The molecular formula is C17H17F2NO. The fourth-order valence-corrected chi connectivity index (χ4v) is 2.85. The summed E-state index contributed by atoms with van der Waals surface area (Å²) in [7, 11) is 1.95. The maximum atomic E-state index is 13.6. The van der Waals surface area contributed by atoms with Crippen LogP contribution in [0, 0.1) is 11.6 Å². The van der Waals surface area contributed by atoms with E-state index in [1.54, 1.807) is 0 Å². The molecule has 2 aromatic carbocycles. The Labute approximate surface area is 122 Å². The fourth-order valence-electron chi connectivity index (χ4n) is 2.85. The largest absolute Gasteiger partial charge is 0.489 e. The van der Waals surface area contributed by atoms with Crippen LogP contribution in [-0.2, 0) is 13.0 Å². The highest BCUT2D eigenvalue weighted by molar-refractivity contribution is 5.45. The number of hydrogen-bond acceptors (Lipinski definition) is 2. The van der Waals surface area contributed by atoms with E-state index >= 15 is 0 Å². The van der Waals surface area contributed by atoms with Gasteiger partial charge in [0.05, 0.1) is 0 Å². The Morgan fingerprint density at radius 1 is 1.24 bits per heavy atom. The Balaban J connectivity index is 1.79. The molecule has 2 aromatic rings. The molecule has 0 radical (unpaired) electrons. The van der Waals surface area contributed by atoms with E-state index in [9.17, 15) is 8.78 Å². The standard InChI is InChI=1S/C17H17F2NO/c1-20-16-8-7-14-13(16)3-2-4-17(14)21-10-11-5-6-12(18)9-15(11)19/h2-6,9,16,20H,7-8,10H2,1H3. The van der Waals surface area contributed by atoms with Crippen molar-refractivity contribution in [2.75, 3.05) is 7.05 Å². The van der Waals surface area contributed by atoms with Gasteiger partial charge in [0.25, 0.3) is 0 Å². The van der Waals surface area contributed by atoms with Crippen molar-refractivity contribution in [3.05, 3.63) is 64.7 Å². The minimum atomic E-state index is -0.575. The van der Waals surface area contributed by atoms with E-state index in [1.165, 1.54) is 23.3 Å². The van der Waals surface area contributed by atoms with E-state index < -0.39 is 11.6 Å². The molecular weight excluding hydrogens is 272 g/mol. The second-order valence-electron chi connectivity index (χ2n) is 5.23. The molecule has 0 fully saturated rings. The topological polar surface area (TPSA) is 21.3 Å². The van der Waals surface area contributed by atoms with Crippen molar-refractivity contribution in [2.24, 2.45) is 0 Å². The van der Waals surface area contributed by atoms with Gasteiger partial charge in [0.15, 0.2) is 0 Å². The van der Waals surface area contributed by atoms with Crippen LogP contribution >= 0.6 is 0 Å². The first-order valence-electron chi connectivity index (χ1n) is 7.05. The first kappa shape index (κ1) is 14.0. The zero-order valence-corrected chi connectivity index (χ0v) is 11.8. The Kier molecular flexibility index (Phi) is 3.88. The summed E-state index contributed by atoms with van der Waals surface area (Å²) < 4.78 is 32.3. The highest BCUT2D eigenvalue weighted by Crippen LogP contribution is 2.36. The average Bonchev–Trinajstić information content (AvgIpc) is 2.90. The van der Waals surface area contributed by atoms with Crippen LogP contribution in [0.15, 0.2) is 36.4 Å². The third-order valence-electron chi connectivity index (χ3n) is 3.97. The summed E-state index contributed by atoms with van der Waals surface area (Å²) in [6, 6.07) is 9.84. The highest BCUT2D eigenvalue weighted by Gasteiger charge is 2.23. The summed E-state index contributed by atoms with van der Waals surface area (Å²) in [6.45, 7) is 0.104. The van der Waals surface area contributed by atoms with E-state index in [-0.39, 0.29) is 6.61 Å². The second kappa shape index (κ2) is 5.82. The number of benzene rings is 2. The second-order valence-corrected chi connectivity index (χ2v) is 5.23. The van der Waals surface area contributed by atoms with Gasteiger partial charge in [-0.05, 0) is 49.2 Å². The van der Waals surface area contributed by atoms with Gasteiger partial charge >= 0.3 is 0 Å². The number of halogens is 2. The molecule has 4 heteroatoms. The van der Waals surface area contributed by atoms with E-state index in [0.29, 0.717) is 11.6 Å². The summed E-state index contributed by atoms with van der Waals surface area (Å²) in [4.78, 5) is 0. The summed E-state index contributed by atoms with van der Waals surface area (Å²) in [5.74, 6) is -0.363. The molecule has 0 aromatic heterocycles. The quantitative estimate of drug-likeness (QED) is 0.925. The third-order valence-corrected chi connectivity index (χ3v) is 3.97. The fraction of sp³-hybridized carbons (Fsp3) is 0.294. The monoisotopic (exact) mass is 289 g/mol.